The molecule has 0 spiro atoms. The number of nitrogens with two attached hydrogens (primary N) is 1. The third kappa shape index (κ3) is 3.74. The van der Waals surface area contributed by atoms with Crippen molar-refractivity contribution in [3.05, 3.63) is 35.4 Å². The van der Waals surface area contributed by atoms with Gasteiger partial charge in [-0.05, 0) is 37.9 Å². The maximum absolute atomic E-state index is 10.6. The van der Waals surface area contributed by atoms with Crippen LogP contribution >= 0.6 is 0 Å². The predicted molar refractivity (Wildman–Crippen MR) is 63.7 cm³/mol. The zero-order valence-corrected chi connectivity index (χ0v) is 9.47. The highest BCUT2D eigenvalue weighted by atomic mass is 16.3. The van der Waals surface area contributed by atoms with Gasteiger partial charge in [0, 0.05) is 18.2 Å². The number of primary amides is 1. The van der Waals surface area contributed by atoms with Gasteiger partial charge in [-0.3, -0.25) is 4.79 Å². The number of amides is 1. The Hall–Kier alpha value is -1.81. The van der Waals surface area contributed by atoms with E-state index < -0.39 is 5.91 Å². The number of carbonyl (C=O) groups excluding carboxylic acids is 1. The van der Waals surface area contributed by atoms with Crippen molar-refractivity contribution >= 4 is 12.0 Å². The molecule has 3 N–H and O–H groups in total. The molecule has 0 radical (unpaired) electrons. The summed E-state index contributed by atoms with van der Waals surface area (Å²) in [6.07, 6.45) is 2.92. The summed E-state index contributed by atoms with van der Waals surface area (Å²) >= 11 is 0. The summed E-state index contributed by atoms with van der Waals surface area (Å²) in [6.45, 7) is 0.643. The molecular weight excluding hydrogens is 204 g/mol. The molecule has 4 heteroatoms. The first-order chi connectivity index (χ1) is 7.49. The molecule has 1 amide bonds. The zero-order valence-electron chi connectivity index (χ0n) is 9.47. The Balaban J connectivity index is 2.93. The lowest BCUT2D eigenvalue weighted by molar-refractivity contribution is -0.113. The van der Waals surface area contributed by atoms with E-state index in [1.807, 2.05) is 25.1 Å². The van der Waals surface area contributed by atoms with Crippen LogP contribution in [0.5, 0.6) is 5.75 Å². The van der Waals surface area contributed by atoms with Crippen LogP contribution in [-0.4, -0.2) is 30.0 Å². The van der Waals surface area contributed by atoms with E-state index in [1.165, 1.54) is 6.08 Å². The average Bonchev–Trinajstić information content (AvgIpc) is 2.18. The van der Waals surface area contributed by atoms with Gasteiger partial charge in [0.15, 0.2) is 0 Å². The van der Waals surface area contributed by atoms with Gasteiger partial charge in [-0.2, -0.15) is 0 Å². The Labute approximate surface area is 95.0 Å². The van der Waals surface area contributed by atoms with E-state index in [1.54, 1.807) is 18.2 Å². The van der Waals surface area contributed by atoms with E-state index in [0.29, 0.717) is 6.54 Å². The highest BCUT2D eigenvalue weighted by molar-refractivity contribution is 5.90. The summed E-state index contributed by atoms with van der Waals surface area (Å²) in [4.78, 5) is 12.5. The van der Waals surface area contributed by atoms with Crippen LogP contribution in [-0.2, 0) is 11.3 Å². The number of carbonyl (C=O) groups is 1. The fourth-order valence-corrected chi connectivity index (χ4v) is 1.35. The fraction of sp³-hybridized carbons (Fsp3) is 0.250. The molecule has 1 aromatic carbocycles. The van der Waals surface area contributed by atoms with Gasteiger partial charge in [0.25, 0.3) is 0 Å². The minimum Gasteiger partial charge on any atom is -0.508 e. The first-order valence-corrected chi connectivity index (χ1v) is 4.93. The van der Waals surface area contributed by atoms with E-state index in [2.05, 4.69) is 0 Å². The summed E-state index contributed by atoms with van der Waals surface area (Å²) < 4.78 is 0. The molecule has 16 heavy (non-hydrogen) atoms. The SMILES string of the molecule is CN(C)Cc1cc(/C=C\C(N)=O)ccc1O. The van der Waals surface area contributed by atoms with Crippen LogP contribution < -0.4 is 5.73 Å². The Morgan fingerprint density at radius 2 is 2.19 bits per heavy atom. The number of benzene rings is 1. The Bertz CT molecular complexity index is 411. The largest absolute Gasteiger partial charge is 0.508 e. The zero-order chi connectivity index (χ0) is 12.1. The van der Waals surface area contributed by atoms with Crippen molar-refractivity contribution < 1.29 is 9.90 Å². The van der Waals surface area contributed by atoms with Crippen LogP contribution in [0.2, 0.25) is 0 Å². The molecule has 86 valence electrons. The third-order valence-electron chi connectivity index (χ3n) is 2.03. The first-order valence-electron chi connectivity index (χ1n) is 4.93. The average molecular weight is 220 g/mol. The first kappa shape index (κ1) is 12.3. The van der Waals surface area contributed by atoms with Gasteiger partial charge >= 0.3 is 0 Å². The molecule has 1 rings (SSSR count). The van der Waals surface area contributed by atoms with E-state index in [0.717, 1.165) is 11.1 Å². The molecule has 0 unspecified atom stereocenters. The smallest absolute Gasteiger partial charge is 0.241 e. The molecule has 0 aliphatic heterocycles. The summed E-state index contributed by atoms with van der Waals surface area (Å²) in [5, 5.41) is 9.62. The quantitative estimate of drug-likeness (QED) is 0.742. The molecule has 0 heterocycles. The minimum atomic E-state index is -0.484. The Morgan fingerprint density at radius 3 is 2.75 bits per heavy atom. The monoisotopic (exact) mass is 220 g/mol. The van der Waals surface area contributed by atoms with E-state index in [9.17, 15) is 9.90 Å². The molecule has 0 saturated carbocycles. The molecular formula is C12H16N2O2. The normalized spacial score (nSPS) is 11.2. The van der Waals surface area contributed by atoms with Crippen molar-refractivity contribution in [2.75, 3.05) is 14.1 Å². The van der Waals surface area contributed by atoms with Crippen LogP contribution in [0, 0.1) is 0 Å². The third-order valence-corrected chi connectivity index (χ3v) is 2.03. The van der Waals surface area contributed by atoms with Crippen LogP contribution in [0.3, 0.4) is 0 Å². The number of hydrogen-bond acceptors (Lipinski definition) is 3. The van der Waals surface area contributed by atoms with Crippen molar-refractivity contribution in [1.29, 1.82) is 0 Å². The number of rotatable bonds is 4. The van der Waals surface area contributed by atoms with Gasteiger partial charge in [-0.15, -0.1) is 0 Å². The van der Waals surface area contributed by atoms with Crippen molar-refractivity contribution in [2.45, 2.75) is 6.54 Å². The molecule has 0 bridgehead atoms. The highest BCUT2D eigenvalue weighted by Gasteiger charge is 2.02. The Kier molecular flexibility index (Phi) is 4.08. The highest BCUT2D eigenvalue weighted by Crippen LogP contribution is 2.20. The Morgan fingerprint density at radius 1 is 1.50 bits per heavy atom. The van der Waals surface area contributed by atoms with Crippen molar-refractivity contribution in [3.63, 3.8) is 0 Å². The van der Waals surface area contributed by atoms with E-state index in [-0.39, 0.29) is 5.75 Å². The molecule has 1 aromatic rings. The molecule has 0 aromatic heterocycles. The van der Waals surface area contributed by atoms with Crippen LogP contribution in [0.4, 0.5) is 0 Å². The van der Waals surface area contributed by atoms with Crippen molar-refractivity contribution in [2.24, 2.45) is 5.73 Å². The maximum Gasteiger partial charge on any atom is 0.241 e. The van der Waals surface area contributed by atoms with Crippen LogP contribution in [0.25, 0.3) is 6.08 Å². The number of phenolic OH excluding ortho intramolecular Hbond substituents is 1. The molecule has 0 aliphatic rings. The lowest BCUT2D eigenvalue weighted by Gasteiger charge is -2.11. The van der Waals surface area contributed by atoms with Crippen molar-refractivity contribution in [1.82, 2.24) is 4.90 Å². The second-order valence-corrected chi connectivity index (χ2v) is 3.86. The van der Waals surface area contributed by atoms with Gasteiger partial charge in [0.2, 0.25) is 5.91 Å². The van der Waals surface area contributed by atoms with Gasteiger partial charge in [-0.1, -0.05) is 6.07 Å². The van der Waals surface area contributed by atoms with Crippen LogP contribution in [0.15, 0.2) is 24.3 Å². The summed E-state index contributed by atoms with van der Waals surface area (Å²) in [5.74, 6) is -0.229. The minimum absolute atomic E-state index is 0.255. The second kappa shape index (κ2) is 5.32. The predicted octanol–water partition coefficient (Wildman–Crippen LogP) is 0.952. The molecule has 0 saturated heterocycles. The number of aromatic hydroxyl groups is 1. The van der Waals surface area contributed by atoms with Gasteiger partial charge in [-0.25, -0.2) is 0 Å². The lowest BCUT2D eigenvalue weighted by atomic mass is 10.1. The van der Waals surface area contributed by atoms with Gasteiger partial charge in [0.1, 0.15) is 5.75 Å². The summed E-state index contributed by atoms with van der Waals surface area (Å²) in [5.41, 5.74) is 6.66. The van der Waals surface area contributed by atoms with Gasteiger partial charge < -0.3 is 15.7 Å². The summed E-state index contributed by atoms with van der Waals surface area (Å²) in [6, 6.07) is 5.17. The topological polar surface area (TPSA) is 66.6 Å². The standard InChI is InChI=1S/C12H16N2O2/c1-14(2)8-10-7-9(3-5-11(10)15)4-6-12(13)16/h3-7,15H,8H2,1-2H3,(H2,13,16)/b6-4-. The molecule has 0 fully saturated rings. The number of phenols is 1. The van der Waals surface area contributed by atoms with Crippen molar-refractivity contribution in [3.8, 4) is 5.75 Å². The second-order valence-electron chi connectivity index (χ2n) is 3.86. The number of nitrogens with zero attached hydrogens (tertiary/aromatic N) is 1. The molecule has 4 nitrogen and oxygen atoms in total. The maximum atomic E-state index is 10.6. The van der Waals surface area contributed by atoms with E-state index in [4.69, 9.17) is 5.73 Å². The van der Waals surface area contributed by atoms with E-state index >= 15 is 0 Å². The molecule has 0 aliphatic carbocycles. The number of hydrogen-bond donors (Lipinski definition) is 2. The lowest BCUT2D eigenvalue weighted by Crippen LogP contribution is -2.10. The summed E-state index contributed by atoms with van der Waals surface area (Å²) in [7, 11) is 3.84. The molecule has 0 atom stereocenters. The van der Waals surface area contributed by atoms with Crippen LogP contribution in [0.1, 0.15) is 11.1 Å². The fourth-order valence-electron chi connectivity index (χ4n) is 1.35. The van der Waals surface area contributed by atoms with Gasteiger partial charge in [0.05, 0.1) is 0 Å².